The van der Waals surface area contributed by atoms with Gasteiger partial charge in [0.1, 0.15) is 5.82 Å². The highest BCUT2D eigenvalue weighted by Crippen LogP contribution is 2.17. The Kier molecular flexibility index (Phi) is 4.83. The highest BCUT2D eigenvalue weighted by molar-refractivity contribution is 7.99. The monoisotopic (exact) mass is 278 g/mol. The molecular weight excluding hydrogens is 263 g/mol. The highest BCUT2D eigenvalue weighted by atomic mass is 32.2. The number of hydrogen-bond acceptors (Lipinski definition) is 3. The third-order valence-electron chi connectivity index (χ3n) is 2.84. The number of nitrogens with two attached hydrogens (primary N) is 1. The van der Waals surface area contributed by atoms with E-state index in [0.717, 1.165) is 11.5 Å². The lowest BCUT2D eigenvalue weighted by atomic mass is 10.1. The molecule has 1 fully saturated rings. The first-order valence-corrected chi connectivity index (χ1v) is 7.23. The van der Waals surface area contributed by atoms with Crippen LogP contribution in [0.25, 0.3) is 0 Å². The van der Waals surface area contributed by atoms with Crippen LogP contribution in [0.2, 0.25) is 0 Å². The second-order valence-corrected chi connectivity index (χ2v) is 5.33. The van der Waals surface area contributed by atoms with Crippen molar-refractivity contribution in [3.8, 4) is 11.8 Å². The Morgan fingerprint density at radius 2 is 2.16 bits per heavy atom. The van der Waals surface area contributed by atoms with Crippen molar-refractivity contribution in [2.45, 2.75) is 0 Å². The summed E-state index contributed by atoms with van der Waals surface area (Å²) in [7, 11) is 0. The SMILES string of the molecule is NCC#Cc1ccc(F)cc1C(=O)N1CCSCC1. The van der Waals surface area contributed by atoms with Crippen LogP contribution in [0.4, 0.5) is 4.39 Å². The normalized spacial score (nSPS) is 14.7. The van der Waals surface area contributed by atoms with Gasteiger partial charge in [0.2, 0.25) is 0 Å². The van der Waals surface area contributed by atoms with Crippen LogP contribution in [-0.4, -0.2) is 41.9 Å². The Labute approximate surface area is 116 Å². The minimum atomic E-state index is -0.423. The molecule has 0 aliphatic carbocycles. The molecule has 1 aromatic carbocycles. The Morgan fingerprint density at radius 3 is 2.84 bits per heavy atom. The third-order valence-corrected chi connectivity index (χ3v) is 3.78. The Balaban J connectivity index is 2.30. The first-order chi connectivity index (χ1) is 9.22. The van der Waals surface area contributed by atoms with Crippen molar-refractivity contribution in [3.63, 3.8) is 0 Å². The topological polar surface area (TPSA) is 46.3 Å². The minimum Gasteiger partial charge on any atom is -0.337 e. The quantitative estimate of drug-likeness (QED) is 0.788. The summed E-state index contributed by atoms with van der Waals surface area (Å²) in [6.45, 7) is 1.61. The van der Waals surface area contributed by atoms with Crippen molar-refractivity contribution >= 4 is 17.7 Å². The van der Waals surface area contributed by atoms with Crippen LogP contribution in [0.3, 0.4) is 0 Å². The zero-order valence-electron chi connectivity index (χ0n) is 10.5. The molecule has 0 radical (unpaired) electrons. The number of amides is 1. The molecule has 19 heavy (non-hydrogen) atoms. The summed E-state index contributed by atoms with van der Waals surface area (Å²) in [5.41, 5.74) is 6.19. The second-order valence-electron chi connectivity index (χ2n) is 4.10. The molecule has 100 valence electrons. The summed E-state index contributed by atoms with van der Waals surface area (Å²) in [5.74, 6) is 6.80. The highest BCUT2D eigenvalue weighted by Gasteiger charge is 2.20. The molecule has 2 rings (SSSR count). The van der Waals surface area contributed by atoms with Gasteiger partial charge in [-0.2, -0.15) is 11.8 Å². The fraction of sp³-hybridized carbons (Fsp3) is 0.357. The van der Waals surface area contributed by atoms with E-state index in [4.69, 9.17) is 5.73 Å². The van der Waals surface area contributed by atoms with Crippen LogP contribution in [0.1, 0.15) is 15.9 Å². The van der Waals surface area contributed by atoms with Crippen molar-refractivity contribution in [1.29, 1.82) is 0 Å². The maximum Gasteiger partial charge on any atom is 0.255 e. The molecule has 1 amide bonds. The zero-order chi connectivity index (χ0) is 13.7. The van der Waals surface area contributed by atoms with Gasteiger partial charge >= 0.3 is 0 Å². The van der Waals surface area contributed by atoms with Gasteiger partial charge in [0.05, 0.1) is 12.1 Å². The number of carbonyl (C=O) groups excluding carboxylic acids is 1. The van der Waals surface area contributed by atoms with E-state index in [0.29, 0.717) is 24.2 Å². The van der Waals surface area contributed by atoms with Crippen molar-refractivity contribution in [3.05, 3.63) is 35.1 Å². The van der Waals surface area contributed by atoms with Crippen molar-refractivity contribution < 1.29 is 9.18 Å². The Hall–Kier alpha value is -1.51. The van der Waals surface area contributed by atoms with Crippen LogP contribution in [-0.2, 0) is 0 Å². The third kappa shape index (κ3) is 3.49. The summed E-state index contributed by atoms with van der Waals surface area (Å²) >= 11 is 1.82. The lowest BCUT2D eigenvalue weighted by Gasteiger charge is -2.26. The van der Waals surface area contributed by atoms with Crippen LogP contribution in [0.15, 0.2) is 18.2 Å². The van der Waals surface area contributed by atoms with Gasteiger partial charge in [-0.1, -0.05) is 11.8 Å². The van der Waals surface area contributed by atoms with E-state index in [1.54, 1.807) is 4.90 Å². The molecule has 0 saturated carbocycles. The number of hydrogen-bond donors (Lipinski definition) is 1. The molecule has 0 aromatic heterocycles. The van der Waals surface area contributed by atoms with Gasteiger partial charge in [-0.05, 0) is 18.2 Å². The molecule has 1 saturated heterocycles. The average molecular weight is 278 g/mol. The molecule has 1 heterocycles. The second kappa shape index (κ2) is 6.60. The predicted octanol–water partition coefficient (Wildman–Crippen LogP) is 1.32. The number of rotatable bonds is 1. The first kappa shape index (κ1) is 13.9. The predicted molar refractivity (Wildman–Crippen MR) is 75.6 cm³/mol. The van der Waals surface area contributed by atoms with Gasteiger partial charge in [-0.25, -0.2) is 4.39 Å². The molecule has 5 heteroatoms. The minimum absolute atomic E-state index is 0.152. The maximum absolute atomic E-state index is 13.3. The van der Waals surface area contributed by atoms with Gasteiger partial charge in [0.25, 0.3) is 5.91 Å². The largest absolute Gasteiger partial charge is 0.337 e. The molecule has 1 aromatic rings. The summed E-state index contributed by atoms with van der Waals surface area (Å²) in [5, 5.41) is 0. The number of thioether (sulfide) groups is 1. The Morgan fingerprint density at radius 1 is 1.42 bits per heavy atom. The molecule has 1 aliphatic rings. The van der Waals surface area contributed by atoms with Crippen LogP contribution >= 0.6 is 11.8 Å². The Bertz CT molecular complexity index is 530. The van der Waals surface area contributed by atoms with Crippen LogP contribution < -0.4 is 5.73 Å². The van der Waals surface area contributed by atoms with Crippen molar-refractivity contribution in [2.75, 3.05) is 31.1 Å². The lowest BCUT2D eigenvalue weighted by molar-refractivity contribution is 0.0771. The lowest BCUT2D eigenvalue weighted by Crippen LogP contribution is -2.38. The smallest absolute Gasteiger partial charge is 0.255 e. The van der Waals surface area contributed by atoms with E-state index >= 15 is 0 Å². The van der Waals surface area contributed by atoms with E-state index < -0.39 is 5.82 Å². The molecular formula is C14H15FN2OS. The molecule has 0 unspecified atom stereocenters. The molecule has 3 nitrogen and oxygen atoms in total. The molecule has 2 N–H and O–H groups in total. The van der Waals surface area contributed by atoms with Gasteiger partial charge in [-0.3, -0.25) is 4.79 Å². The zero-order valence-corrected chi connectivity index (χ0v) is 11.3. The first-order valence-electron chi connectivity index (χ1n) is 6.08. The summed E-state index contributed by atoms with van der Waals surface area (Å²) in [4.78, 5) is 14.1. The molecule has 1 aliphatic heterocycles. The molecule has 0 bridgehead atoms. The number of benzene rings is 1. The fourth-order valence-electron chi connectivity index (χ4n) is 1.89. The van der Waals surface area contributed by atoms with Gasteiger partial charge in [0.15, 0.2) is 0 Å². The van der Waals surface area contributed by atoms with Gasteiger partial charge < -0.3 is 10.6 Å². The number of carbonyl (C=O) groups is 1. The summed E-state index contributed by atoms with van der Waals surface area (Å²) in [6, 6.07) is 4.10. The van der Waals surface area contributed by atoms with Gasteiger partial charge in [-0.15, -0.1) is 0 Å². The molecule has 0 atom stereocenters. The van der Waals surface area contributed by atoms with Gasteiger partial charge in [0, 0.05) is 30.2 Å². The summed E-state index contributed by atoms with van der Waals surface area (Å²) in [6.07, 6.45) is 0. The standard InChI is InChI=1S/C14H15FN2OS/c15-12-4-3-11(2-1-5-16)13(10-12)14(18)17-6-8-19-9-7-17/h3-4,10H,5-9,16H2. The van der Waals surface area contributed by atoms with E-state index in [-0.39, 0.29) is 12.5 Å². The van der Waals surface area contributed by atoms with E-state index in [2.05, 4.69) is 11.8 Å². The van der Waals surface area contributed by atoms with E-state index in [9.17, 15) is 9.18 Å². The van der Waals surface area contributed by atoms with Crippen LogP contribution in [0, 0.1) is 17.7 Å². The van der Waals surface area contributed by atoms with Crippen molar-refractivity contribution in [1.82, 2.24) is 4.90 Å². The molecule has 0 spiro atoms. The average Bonchev–Trinajstić information content (AvgIpc) is 2.46. The van der Waals surface area contributed by atoms with E-state index in [1.807, 2.05) is 11.8 Å². The fourth-order valence-corrected chi connectivity index (χ4v) is 2.79. The van der Waals surface area contributed by atoms with Crippen molar-refractivity contribution in [2.24, 2.45) is 5.73 Å². The van der Waals surface area contributed by atoms with E-state index in [1.165, 1.54) is 18.2 Å². The van der Waals surface area contributed by atoms with Crippen LogP contribution in [0.5, 0.6) is 0 Å². The maximum atomic E-state index is 13.3. The number of halogens is 1. The number of nitrogens with zero attached hydrogens (tertiary/aromatic N) is 1. The summed E-state index contributed by atoms with van der Waals surface area (Å²) < 4.78 is 13.3.